The lowest BCUT2D eigenvalue weighted by Gasteiger charge is -2.19. The summed E-state index contributed by atoms with van der Waals surface area (Å²) in [7, 11) is 1.43. The fraction of sp³-hybridized carbons (Fsp3) is 0.263. The minimum absolute atomic E-state index is 0.0478. The van der Waals surface area contributed by atoms with Gasteiger partial charge >= 0.3 is 5.69 Å². The number of nitrogens with one attached hydrogen (secondary N) is 1. The molecule has 3 N–H and O–H groups in total. The summed E-state index contributed by atoms with van der Waals surface area (Å²) < 4.78 is 1.27. The zero-order valence-corrected chi connectivity index (χ0v) is 17.5. The van der Waals surface area contributed by atoms with E-state index >= 15 is 0 Å². The molecule has 3 rings (SSSR count). The lowest BCUT2D eigenvalue weighted by atomic mass is 10.2. The lowest BCUT2D eigenvalue weighted by molar-refractivity contribution is 0.0988. The predicted octanol–water partition coefficient (Wildman–Crippen LogP) is 2.97. The molecule has 152 valence electrons. The molecule has 0 radical (unpaired) electrons. The van der Waals surface area contributed by atoms with E-state index in [4.69, 9.17) is 17.3 Å². The first-order valence-corrected chi connectivity index (χ1v) is 10.2. The van der Waals surface area contributed by atoms with Gasteiger partial charge in [-0.15, -0.1) is 11.3 Å². The van der Waals surface area contributed by atoms with Gasteiger partial charge in [-0.2, -0.15) is 0 Å². The van der Waals surface area contributed by atoms with E-state index in [0.29, 0.717) is 23.0 Å². The highest BCUT2D eigenvalue weighted by Gasteiger charge is 2.24. The molecule has 10 heteroatoms. The van der Waals surface area contributed by atoms with E-state index in [2.05, 4.69) is 9.97 Å². The van der Waals surface area contributed by atoms with Crippen molar-refractivity contribution in [2.24, 2.45) is 0 Å². The smallest absolute Gasteiger partial charge is 0.330 e. The van der Waals surface area contributed by atoms with Crippen LogP contribution in [0, 0.1) is 0 Å². The van der Waals surface area contributed by atoms with Crippen molar-refractivity contribution in [2.45, 2.75) is 26.3 Å². The number of anilines is 2. The Kier molecular flexibility index (Phi) is 6.19. The molecule has 0 atom stereocenters. The number of hydrogen-bond acceptors (Lipinski definition) is 6. The molecule has 0 aliphatic carbocycles. The average Bonchev–Trinajstić information content (AvgIpc) is 3.17. The van der Waals surface area contributed by atoms with Crippen LogP contribution in [0.5, 0.6) is 0 Å². The molecule has 0 fully saturated rings. The molecule has 2 aromatic heterocycles. The number of aromatic nitrogens is 3. The van der Waals surface area contributed by atoms with E-state index in [1.54, 1.807) is 23.6 Å². The fourth-order valence-electron chi connectivity index (χ4n) is 2.84. The Balaban J connectivity index is 1.95. The van der Waals surface area contributed by atoms with Crippen LogP contribution < -0.4 is 21.9 Å². The van der Waals surface area contributed by atoms with Crippen molar-refractivity contribution < 1.29 is 4.79 Å². The summed E-state index contributed by atoms with van der Waals surface area (Å²) in [5, 5.41) is 2.79. The van der Waals surface area contributed by atoms with Crippen molar-refractivity contribution in [2.75, 3.05) is 17.7 Å². The maximum atomic E-state index is 12.9. The van der Waals surface area contributed by atoms with Crippen LogP contribution in [0.15, 0.2) is 39.2 Å². The number of benzene rings is 1. The number of carbonyl (C=O) groups is 1. The second-order valence-corrected chi connectivity index (χ2v) is 7.71. The molecule has 1 amide bonds. The number of carbonyl (C=O) groups excluding carboxylic acids is 1. The van der Waals surface area contributed by atoms with Crippen LogP contribution in [-0.4, -0.2) is 27.5 Å². The summed E-state index contributed by atoms with van der Waals surface area (Å²) in [6.07, 6.45) is 1.56. The summed E-state index contributed by atoms with van der Waals surface area (Å²) in [5.74, 6) is -0.555. The lowest BCUT2D eigenvalue weighted by Crippen LogP contribution is -2.39. The van der Waals surface area contributed by atoms with E-state index in [9.17, 15) is 14.4 Å². The molecule has 29 heavy (non-hydrogen) atoms. The van der Waals surface area contributed by atoms with Crippen molar-refractivity contribution in [1.29, 1.82) is 0 Å². The molecule has 0 saturated heterocycles. The topological polar surface area (TPSA) is 114 Å². The third-order valence-corrected chi connectivity index (χ3v) is 5.51. The quantitative estimate of drug-likeness (QED) is 0.620. The van der Waals surface area contributed by atoms with Crippen molar-refractivity contribution in [1.82, 2.24) is 14.5 Å². The fourth-order valence-corrected chi connectivity index (χ4v) is 3.82. The maximum absolute atomic E-state index is 12.9. The van der Waals surface area contributed by atoms with Gasteiger partial charge in [0.15, 0.2) is 5.69 Å². The number of nitrogen functional groups attached to an aromatic ring is 1. The number of aromatic amines is 1. The minimum Gasteiger partial charge on any atom is -0.383 e. The largest absolute Gasteiger partial charge is 0.383 e. The van der Waals surface area contributed by atoms with Gasteiger partial charge in [0, 0.05) is 29.6 Å². The van der Waals surface area contributed by atoms with Crippen LogP contribution in [0.2, 0.25) is 5.02 Å². The second kappa shape index (κ2) is 8.62. The van der Waals surface area contributed by atoms with Crippen molar-refractivity contribution in [3.8, 4) is 10.6 Å². The molecule has 0 bridgehead atoms. The Labute approximate surface area is 175 Å². The number of nitrogens with two attached hydrogens (primary N) is 1. The van der Waals surface area contributed by atoms with Gasteiger partial charge in [-0.05, 0) is 18.6 Å². The molecule has 0 aliphatic heterocycles. The van der Waals surface area contributed by atoms with Crippen LogP contribution in [-0.2, 0) is 6.54 Å². The summed E-state index contributed by atoms with van der Waals surface area (Å²) in [6.45, 7) is 2.33. The third-order valence-electron chi connectivity index (χ3n) is 4.38. The summed E-state index contributed by atoms with van der Waals surface area (Å²) >= 11 is 7.30. The number of rotatable bonds is 6. The number of H-pyrrole nitrogens is 1. The zero-order valence-electron chi connectivity index (χ0n) is 15.9. The Hall–Kier alpha value is -2.91. The Morgan fingerprint density at radius 1 is 1.38 bits per heavy atom. The summed E-state index contributed by atoms with van der Waals surface area (Å²) in [6, 6.07) is 7.15. The van der Waals surface area contributed by atoms with Gasteiger partial charge in [0.25, 0.3) is 11.5 Å². The van der Waals surface area contributed by atoms with Gasteiger partial charge in [-0.3, -0.25) is 19.1 Å². The Morgan fingerprint density at radius 2 is 2.14 bits per heavy atom. The monoisotopic (exact) mass is 433 g/mol. The highest BCUT2D eigenvalue weighted by atomic mass is 35.5. The molecule has 0 aliphatic rings. The van der Waals surface area contributed by atoms with Crippen molar-refractivity contribution in [3.05, 3.63) is 61.2 Å². The molecule has 1 aromatic carbocycles. The summed E-state index contributed by atoms with van der Waals surface area (Å²) in [5.41, 5.74) is 5.63. The third kappa shape index (κ3) is 4.25. The van der Waals surface area contributed by atoms with E-state index in [1.165, 1.54) is 23.0 Å². The first-order chi connectivity index (χ1) is 13.8. The molecule has 2 heterocycles. The van der Waals surface area contributed by atoms with Gasteiger partial charge in [-0.25, -0.2) is 9.78 Å². The second-order valence-electron chi connectivity index (χ2n) is 6.41. The average molecular weight is 434 g/mol. The van der Waals surface area contributed by atoms with E-state index in [0.717, 1.165) is 16.9 Å². The summed E-state index contributed by atoms with van der Waals surface area (Å²) in [4.78, 5) is 45.1. The molecule has 8 nitrogen and oxygen atoms in total. The van der Waals surface area contributed by atoms with Crippen molar-refractivity contribution in [3.63, 3.8) is 0 Å². The molecule has 0 unspecified atom stereocenters. The van der Waals surface area contributed by atoms with E-state index in [-0.39, 0.29) is 17.2 Å². The van der Waals surface area contributed by atoms with E-state index in [1.807, 2.05) is 13.0 Å². The molecule has 0 spiro atoms. The minimum atomic E-state index is -0.721. The van der Waals surface area contributed by atoms with Gasteiger partial charge in [-0.1, -0.05) is 37.1 Å². The van der Waals surface area contributed by atoms with Crippen LogP contribution >= 0.6 is 22.9 Å². The van der Waals surface area contributed by atoms with Gasteiger partial charge in [0.2, 0.25) is 0 Å². The predicted molar refractivity (Wildman–Crippen MR) is 116 cm³/mol. The van der Waals surface area contributed by atoms with Crippen LogP contribution in [0.4, 0.5) is 11.5 Å². The SMILES string of the molecule is CCCCn1c(N)c(N(C)C(=O)c2csc(-c3cccc(Cl)c3)n2)c(=O)[nH]c1=O. The highest BCUT2D eigenvalue weighted by molar-refractivity contribution is 7.13. The van der Waals surface area contributed by atoms with Gasteiger partial charge < -0.3 is 10.6 Å². The molecule has 3 aromatic rings. The first-order valence-electron chi connectivity index (χ1n) is 8.95. The maximum Gasteiger partial charge on any atom is 0.330 e. The molecular formula is C19H20ClN5O3S. The van der Waals surface area contributed by atoms with E-state index < -0.39 is 17.2 Å². The van der Waals surface area contributed by atoms with Crippen LogP contribution in [0.25, 0.3) is 10.6 Å². The Morgan fingerprint density at radius 3 is 2.83 bits per heavy atom. The number of unbranched alkanes of at least 4 members (excludes halogenated alkanes) is 1. The number of halogens is 1. The molecule has 0 saturated carbocycles. The Bertz CT molecular complexity index is 1170. The number of hydrogen-bond donors (Lipinski definition) is 2. The number of nitrogens with zero attached hydrogens (tertiary/aromatic N) is 3. The normalized spacial score (nSPS) is 10.9. The number of thiazole rings is 1. The van der Waals surface area contributed by atoms with Gasteiger partial charge in [0.1, 0.15) is 16.5 Å². The highest BCUT2D eigenvalue weighted by Crippen LogP contribution is 2.27. The van der Waals surface area contributed by atoms with Crippen LogP contribution in [0.3, 0.4) is 0 Å². The van der Waals surface area contributed by atoms with Crippen molar-refractivity contribution >= 4 is 40.4 Å². The van der Waals surface area contributed by atoms with Crippen LogP contribution in [0.1, 0.15) is 30.3 Å². The molecular weight excluding hydrogens is 414 g/mol. The first kappa shape index (κ1) is 20.8. The number of amides is 1. The zero-order chi connectivity index (χ0) is 21.1. The van der Waals surface area contributed by atoms with Gasteiger partial charge in [0.05, 0.1) is 0 Å². The standard InChI is InChI=1S/C19H20ClN5O3S/c1-3-4-8-25-15(21)14(16(26)23-19(25)28)24(2)18(27)13-10-29-17(22-13)11-6-5-7-12(20)9-11/h5-7,9-10H,3-4,8,21H2,1-2H3,(H,23,26,28).